The van der Waals surface area contributed by atoms with Crippen molar-refractivity contribution in [1.29, 1.82) is 0 Å². The monoisotopic (exact) mass is 217 g/mol. The van der Waals surface area contributed by atoms with Crippen molar-refractivity contribution in [2.24, 2.45) is 17.2 Å². The van der Waals surface area contributed by atoms with E-state index >= 15 is 0 Å². The van der Waals surface area contributed by atoms with Crippen LogP contribution in [0.15, 0.2) is 0 Å². The number of amides is 1. The van der Waals surface area contributed by atoms with Gasteiger partial charge >= 0.3 is 6.09 Å². The van der Waals surface area contributed by atoms with E-state index in [-0.39, 0.29) is 0 Å². The van der Waals surface area contributed by atoms with Crippen LogP contribution in [-0.4, -0.2) is 23.8 Å². The molecule has 15 heavy (non-hydrogen) atoms. The number of primary amides is 1. The lowest BCUT2D eigenvalue weighted by Crippen LogP contribution is -2.27. The number of carbonyl (C=O) groups excluding carboxylic acids is 1. The highest BCUT2D eigenvalue weighted by Gasteiger charge is 2.16. The first-order valence-electron chi connectivity index (χ1n) is 5.20. The van der Waals surface area contributed by atoms with Crippen LogP contribution in [0.5, 0.6) is 0 Å². The molecule has 1 amide bonds. The van der Waals surface area contributed by atoms with Gasteiger partial charge in [-0.3, -0.25) is 0 Å². The van der Waals surface area contributed by atoms with Gasteiger partial charge in [0, 0.05) is 12.1 Å². The molecule has 0 heterocycles. The van der Waals surface area contributed by atoms with Crippen molar-refractivity contribution < 1.29 is 9.53 Å². The first-order chi connectivity index (χ1) is 6.70. The number of hydrogen-bond donors (Lipinski definition) is 3. The summed E-state index contributed by atoms with van der Waals surface area (Å²) in [6.45, 7) is 5.28. The van der Waals surface area contributed by atoms with E-state index in [4.69, 9.17) is 17.2 Å². The van der Waals surface area contributed by atoms with E-state index in [1.807, 2.05) is 0 Å². The first kappa shape index (κ1) is 14.2. The summed E-state index contributed by atoms with van der Waals surface area (Å²) in [5, 5.41) is 0. The van der Waals surface area contributed by atoms with Gasteiger partial charge in [-0.25, -0.2) is 4.79 Å². The molecule has 0 unspecified atom stereocenters. The molecule has 5 nitrogen and oxygen atoms in total. The van der Waals surface area contributed by atoms with Crippen LogP contribution < -0.4 is 17.2 Å². The minimum Gasteiger partial charge on any atom is -0.444 e. The molecule has 0 aromatic heterocycles. The van der Waals surface area contributed by atoms with Crippen LogP contribution in [0.4, 0.5) is 4.79 Å². The first-order valence-corrected chi connectivity index (χ1v) is 5.20. The SMILES string of the molecule is CC(C)(C)OC(N)=O.N[C@@H]1CC[C@H](N)C1. The van der Waals surface area contributed by atoms with Crippen molar-refractivity contribution in [2.45, 2.75) is 57.7 Å². The van der Waals surface area contributed by atoms with Gasteiger partial charge < -0.3 is 21.9 Å². The molecule has 0 aromatic rings. The molecule has 1 aliphatic carbocycles. The molecule has 0 saturated heterocycles. The van der Waals surface area contributed by atoms with Gasteiger partial charge in [0.05, 0.1) is 0 Å². The van der Waals surface area contributed by atoms with Gasteiger partial charge in [0.15, 0.2) is 0 Å². The summed E-state index contributed by atoms with van der Waals surface area (Å²) >= 11 is 0. The normalized spacial score (nSPS) is 25.4. The predicted octanol–water partition coefficient (Wildman–Crippen LogP) is 0.705. The third-order valence-corrected chi connectivity index (χ3v) is 1.92. The van der Waals surface area contributed by atoms with E-state index in [1.165, 1.54) is 0 Å². The lowest BCUT2D eigenvalue weighted by atomic mass is 10.2. The molecule has 0 radical (unpaired) electrons. The number of carbonyl (C=O) groups is 1. The lowest BCUT2D eigenvalue weighted by Gasteiger charge is -2.16. The molecular formula is C10H23N3O2. The van der Waals surface area contributed by atoms with E-state index in [0.29, 0.717) is 12.1 Å². The van der Waals surface area contributed by atoms with Gasteiger partial charge in [0.1, 0.15) is 5.60 Å². The zero-order valence-electron chi connectivity index (χ0n) is 9.82. The Bertz CT molecular complexity index is 193. The molecule has 0 aliphatic heterocycles. The minimum absolute atomic E-state index is 0.398. The molecule has 2 atom stereocenters. The summed E-state index contributed by atoms with van der Waals surface area (Å²) in [6, 6.07) is 0.796. The third kappa shape index (κ3) is 9.49. The lowest BCUT2D eigenvalue weighted by molar-refractivity contribution is 0.0600. The second-order valence-electron chi connectivity index (χ2n) is 4.87. The van der Waals surface area contributed by atoms with E-state index in [1.54, 1.807) is 20.8 Å². The second-order valence-corrected chi connectivity index (χ2v) is 4.87. The Morgan fingerprint density at radius 2 is 1.60 bits per heavy atom. The average molecular weight is 217 g/mol. The van der Waals surface area contributed by atoms with Crippen LogP contribution in [-0.2, 0) is 4.74 Å². The Morgan fingerprint density at radius 1 is 1.20 bits per heavy atom. The molecule has 1 saturated carbocycles. The molecule has 1 fully saturated rings. The summed E-state index contributed by atoms with van der Waals surface area (Å²) in [5.41, 5.74) is 15.4. The Hall–Kier alpha value is -0.810. The predicted molar refractivity (Wildman–Crippen MR) is 60.2 cm³/mol. The van der Waals surface area contributed by atoms with Gasteiger partial charge in [-0.2, -0.15) is 0 Å². The highest BCUT2D eigenvalue weighted by Crippen LogP contribution is 2.13. The van der Waals surface area contributed by atoms with Crippen molar-refractivity contribution in [2.75, 3.05) is 0 Å². The van der Waals surface area contributed by atoms with E-state index in [0.717, 1.165) is 19.3 Å². The zero-order chi connectivity index (χ0) is 12.1. The fourth-order valence-electron chi connectivity index (χ4n) is 1.35. The fraction of sp³-hybridized carbons (Fsp3) is 0.900. The van der Waals surface area contributed by atoms with Gasteiger partial charge in [-0.05, 0) is 40.0 Å². The van der Waals surface area contributed by atoms with Gasteiger partial charge in [-0.1, -0.05) is 0 Å². The summed E-state index contributed by atoms with van der Waals surface area (Å²) < 4.78 is 4.58. The highest BCUT2D eigenvalue weighted by molar-refractivity contribution is 5.65. The summed E-state index contributed by atoms with van der Waals surface area (Å²) in [7, 11) is 0. The molecule has 5 heteroatoms. The van der Waals surface area contributed by atoms with E-state index in [9.17, 15) is 4.79 Å². The van der Waals surface area contributed by atoms with Crippen LogP contribution in [0, 0.1) is 0 Å². The maximum atomic E-state index is 10.0. The topological polar surface area (TPSA) is 104 Å². The van der Waals surface area contributed by atoms with E-state index in [2.05, 4.69) is 4.74 Å². The van der Waals surface area contributed by atoms with Crippen LogP contribution in [0.2, 0.25) is 0 Å². The Labute approximate surface area is 91.3 Å². The molecular weight excluding hydrogens is 194 g/mol. The van der Waals surface area contributed by atoms with Crippen LogP contribution in [0.25, 0.3) is 0 Å². The third-order valence-electron chi connectivity index (χ3n) is 1.92. The minimum atomic E-state index is -0.725. The Kier molecular flexibility index (Phi) is 5.60. The number of nitrogens with two attached hydrogens (primary N) is 3. The molecule has 90 valence electrons. The molecule has 6 N–H and O–H groups in total. The van der Waals surface area contributed by atoms with Crippen molar-refractivity contribution in [1.82, 2.24) is 0 Å². The molecule has 0 spiro atoms. The zero-order valence-corrected chi connectivity index (χ0v) is 9.82. The van der Waals surface area contributed by atoms with Crippen molar-refractivity contribution in [3.05, 3.63) is 0 Å². The number of ether oxygens (including phenoxy) is 1. The quantitative estimate of drug-likeness (QED) is 0.555. The fourth-order valence-corrected chi connectivity index (χ4v) is 1.35. The average Bonchev–Trinajstić information content (AvgIpc) is 2.29. The Morgan fingerprint density at radius 3 is 1.67 bits per heavy atom. The van der Waals surface area contributed by atoms with Gasteiger partial charge in [-0.15, -0.1) is 0 Å². The smallest absolute Gasteiger partial charge is 0.405 e. The van der Waals surface area contributed by atoms with Crippen LogP contribution >= 0.6 is 0 Å². The number of rotatable bonds is 0. The maximum Gasteiger partial charge on any atom is 0.405 e. The molecule has 0 aromatic carbocycles. The second kappa shape index (κ2) is 5.92. The highest BCUT2D eigenvalue weighted by atomic mass is 16.6. The van der Waals surface area contributed by atoms with Crippen LogP contribution in [0.1, 0.15) is 40.0 Å². The molecule has 0 bridgehead atoms. The standard InChI is InChI=1S/C5H12N2.C5H11NO2/c6-4-1-2-5(7)3-4;1-5(2,3)8-4(6)7/h4-5H,1-3,6-7H2;1-3H3,(H2,6,7)/t4-,5+;. The maximum absolute atomic E-state index is 10.0. The van der Waals surface area contributed by atoms with Gasteiger partial charge in [0.2, 0.25) is 0 Å². The largest absolute Gasteiger partial charge is 0.444 e. The Balaban J connectivity index is 0.000000262. The summed E-state index contributed by atoms with van der Waals surface area (Å²) in [6.07, 6.45) is 2.56. The molecule has 1 rings (SSSR count). The van der Waals surface area contributed by atoms with E-state index < -0.39 is 11.7 Å². The van der Waals surface area contributed by atoms with Crippen molar-refractivity contribution >= 4 is 6.09 Å². The number of hydrogen-bond acceptors (Lipinski definition) is 4. The van der Waals surface area contributed by atoms with Crippen molar-refractivity contribution in [3.8, 4) is 0 Å². The summed E-state index contributed by atoms with van der Waals surface area (Å²) in [4.78, 5) is 10.0. The summed E-state index contributed by atoms with van der Waals surface area (Å²) in [5.74, 6) is 0. The van der Waals surface area contributed by atoms with Gasteiger partial charge in [0.25, 0.3) is 0 Å². The van der Waals surface area contributed by atoms with Crippen molar-refractivity contribution in [3.63, 3.8) is 0 Å². The molecule has 1 aliphatic rings. The van der Waals surface area contributed by atoms with Crippen LogP contribution in [0.3, 0.4) is 0 Å².